The molecule has 0 N–H and O–H groups in total. The Hall–Kier alpha value is -5.38. The standard InChI is InChI=1S/2C18H14F3NO/c2*1-23-16-10-8-15(9-11-16)22-12-2-3-17(22)13-4-6-14(7-5-13)18(19,20)21/h2*2-12H,1H3. The van der Waals surface area contributed by atoms with Crippen LogP contribution in [-0.4, -0.2) is 23.4 Å². The van der Waals surface area contributed by atoms with Crippen molar-refractivity contribution in [3.63, 3.8) is 0 Å². The Morgan fingerprint density at radius 1 is 0.435 bits per heavy atom. The number of methoxy groups -OCH3 is 2. The van der Waals surface area contributed by atoms with Crippen LogP contribution in [0.25, 0.3) is 33.9 Å². The van der Waals surface area contributed by atoms with Gasteiger partial charge in [0.25, 0.3) is 0 Å². The molecule has 6 aromatic rings. The number of aromatic nitrogens is 2. The second kappa shape index (κ2) is 13.3. The molecule has 0 bridgehead atoms. The Labute approximate surface area is 261 Å². The van der Waals surface area contributed by atoms with Gasteiger partial charge in [-0.15, -0.1) is 0 Å². The van der Waals surface area contributed by atoms with E-state index in [4.69, 9.17) is 9.47 Å². The van der Waals surface area contributed by atoms with Gasteiger partial charge in [0.05, 0.1) is 36.7 Å². The lowest BCUT2D eigenvalue weighted by Crippen LogP contribution is -2.04. The van der Waals surface area contributed by atoms with Crippen LogP contribution in [0.2, 0.25) is 0 Å². The summed E-state index contributed by atoms with van der Waals surface area (Å²) in [6, 6.07) is 32.7. The first-order chi connectivity index (χ1) is 22.0. The van der Waals surface area contributed by atoms with Crippen molar-refractivity contribution >= 4 is 0 Å². The Kier molecular flexibility index (Phi) is 9.27. The van der Waals surface area contributed by atoms with E-state index in [2.05, 4.69) is 0 Å². The van der Waals surface area contributed by atoms with E-state index >= 15 is 0 Å². The van der Waals surface area contributed by atoms with Gasteiger partial charge < -0.3 is 18.6 Å². The minimum atomic E-state index is -4.32. The molecule has 10 heteroatoms. The smallest absolute Gasteiger partial charge is 0.416 e. The minimum absolute atomic E-state index is 0.649. The van der Waals surface area contributed by atoms with Crippen LogP contribution in [0, 0.1) is 0 Å². The molecule has 4 aromatic carbocycles. The fourth-order valence-corrected chi connectivity index (χ4v) is 4.83. The summed E-state index contributed by atoms with van der Waals surface area (Å²) in [5.74, 6) is 1.49. The van der Waals surface area contributed by atoms with Gasteiger partial charge >= 0.3 is 12.4 Å². The highest BCUT2D eigenvalue weighted by atomic mass is 19.4. The largest absolute Gasteiger partial charge is 0.497 e. The molecule has 0 fully saturated rings. The summed E-state index contributed by atoms with van der Waals surface area (Å²) in [6.07, 6.45) is -4.91. The molecule has 6 rings (SSSR count). The number of halogens is 6. The van der Waals surface area contributed by atoms with Crippen molar-refractivity contribution < 1.29 is 35.8 Å². The zero-order valence-electron chi connectivity index (χ0n) is 24.7. The molecule has 0 aliphatic rings. The third-order valence-corrected chi connectivity index (χ3v) is 7.21. The Morgan fingerprint density at radius 3 is 1.04 bits per heavy atom. The van der Waals surface area contributed by atoms with Gasteiger partial charge in [0.15, 0.2) is 0 Å². The van der Waals surface area contributed by atoms with E-state index in [1.165, 1.54) is 24.3 Å². The molecule has 0 unspecified atom stereocenters. The third-order valence-electron chi connectivity index (χ3n) is 7.21. The molecule has 0 atom stereocenters. The predicted octanol–water partition coefficient (Wildman–Crippen LogP) is 10.3. The van der Waals surface area contributed by atoms with Crippen molar-refractivity contribution in [2.75, 3.05) is 14.2 Å². The summed E-state index contributed by atoms with van der Waals surface area (Å²) in [5.41, 5.74) is 3.61. The van der Waals surface area contributed by atoms with Gasteiger partial charge in [-0.25, -0.2) is 0 Å². The molecule has 4 nitrogen and oxygen atoms in total. The maximum atomic E-state index is 12.7. The Bertz CT molecular complexity index is 1710. The predicted molar refractivity (Wildman–Crippen MR) is 166 cm³/mol. The van der Waals surface area contributed by atoms with E-state index in [0.717, 1.165) is 69.7 Å². The zero-order valence-corrected chi connectivity index (χ0v) is 24.7. The molecule has 0 saturated carbocycles. The van der Waals surface area contributed by atoms with Crippen LogP contribution >= 0.6 is 0 Å². The van der Waals surface area contributed by atoms with Crippen LogP contribution in [0.15, 0.2) is 134 Å². The van der Waals surface area contributed by atoms with Crippen LogP contribution in [0.1, 0.15) is 11.1 Å². The van der Waals surface area contributed by atoms with Crippen molar-refractivity contribution in [2.45, 2.75) is 12.4 Å². The fourth-order valence-electron chi connectivity index (χ4n) is 4.83. The SMILES string of the molecule is COc1ccc(-n2cccc2-c2ccc(C(F)(F)F)cc2)cc1.COc1ccc(-n2cccc2-c2ccc(C(F)(F)F)cc2)cc1. The fraction of sp³-hybridized carbons (Fsp3) is 0.111. The number of nitrogens with zero attached hydrogens (tertiary/aromatic N) is 2. The molecule has 0 spiro atoms. The third kappa shape index (κ3) is 7.28. The molecule has 0 radical (unpaired) electrons. The lowest BCUT2D eigenvalue weighted by atomic mass is 10.1. The van der Waals surface area contributed by atoms with E-state index in [1.54, 1.807) is 14.2 Å². The molecule has 236 valence electrons. The lowest BCUT2D eigenvalue weighted by molar-refractivity contribution is -0.138. The lowest BCUT2D eigenvalue weighted by Gasteiger charge is -2.12. The maximum Gasteiger partial charge on any atom is 0.416 e. The molecule has 0 amide bonds. The summed E-state index contributed by atoms with van der Waals surface area (Å²) in [5, 5.41) is 0. The number of rotatable bonds is 6. The van der Waals surface area contributed by atoms with Gasteiger partial charge in [0.2, 0.25) is 0 Å². The number of alkyl halides is 6. The van der Waals surface area contributed by atoms with E-state index in [1.807, 2.05) is 94.3 Å². The summed E-state index contributed by atoms with van der Waals surface area (Å²) in [6.45, 7) is 0. The number of ether oxygens (including phenoxy) is 2. The highest BCUT2D eigenvalue weighted by Gasteiger charge is 2.31. The van der Waals surface area contributed by atoms with Crippen LogP contribution < -0.4 is 9.47 Å². The van der Waals surface area contributed by atoms with E-state index in [0.29, 0.717) is 0 Å². The summed E-state index contributed by atoms with van der Waals surface area (Å²) in [4.78, 5) is 0. The van der Waals surface area contributed by atoms with Crippen molar-refractivity contribution in [2.24, 2.45) is 0 Å². The quantitative estimate of drug-likeness (QED) is 0.171. The van der Waals surface area contributed by atoms with E-state index < -0.39 is 23.5 Å². The normalized spacial score (nSPS) is 11.5. The first kappa shape index (κ1) is 32.0. The van der Waals surface area contributed by atoms with Crippen molar-refractivity contribution in [3.05, 3.63) is 145 Å². The number of hydrogen-bond donors (Lipinski definition) is 0. The van der Waals surface area contributed by atoms with Crippen molar-refractivity contribution in [3.8, 4) is 45.4 Å². The highest BCUT2D eigenvalue weighted by molar-refractivity contribution is 5.65. The minimum Gasteiger partial charge on any atom is -0.497 e. The second-order valence-electron chi connectivity index (χ2n) is 10.1. The number of benzene rings is 4. The summed E-state index contributed by atoms with van der Waals surface area (Å²) in [7, 11) is 3.19. The maximum absolute atomic E-state index is 12.7. The van der Waals surface area contributed by atoms with Gasteiger partial charge in [-0.1, -0.05) is 24.3 Å². The summed E-state index contributed by atoms with van der Waals surface area (Å²) >= 11 is 0. The van der Waals surface area contributed by atoms with Gasteiger partial charge in [-0.05, 0) is 108 Å². The van der Waals surface area contributed by atoms with Crippen LogP contribution in [0.4, 0.5) is 26.3 Å². The van der Waals surface area contributed by atoms with Crippen molar-refractivity contribution in [1.82, 2.24) is 9.13 Å². The molecule has 0 aliphatic heterocycles. The molecule has 0 saturated heterocycles. The first-order valence-electron chi connectivity index (χ1n) is 14.0. The average molecular weight is 635 g/mol. The summed E-state index contributed by atoms with van der Waals surface area (Å²) < 4.78 is 90.1. The van der Waals surface area contributed by atoms with E-state index in [-0.39, 0.29) is 0 Å². The van der Waals surface area contributed by atoms with Crippen LogP contribution in [0.5, 0.6) is 11.5 Å². The second-order valence-corrected chi connectivity index (χ2v) is 10.1. The molecular formula is C36H28F6N2O2. The molecule has 2 aromatic heterocycles. The average Bonchev–Trinajstić information content (AvgIpc) is 3.75. The van der Waals surface area contributed by atoms with Gasteiger partial charge in [-0.2, -0.15) is 26.3 Å². The monoisotopic (exact) mass is 634 g/mol. The van der Waals surface area contributed by atoms with Gasteiger partial charge in [0.1, 0.15) is 11.5 Å². The van der Waals surface area contributed by atoms with Gasteiger partial charge in [-0.3, -0.25) is 0 Å². The Morgan fingerprint density at radius 2 is 0.761 bits per heavy atom. The van der Waals surface area contributed by atoms with E-state index in [9.17, 15) is 26.3 Å². The van der Waals surface area contributed by atoms with Crippen molar-refractivity contribution in [1.29, 1.82) is 0 Å². The first-order valence-corrected chi connectivity index (χ1v) is 14.0. The molecule has 2 heterocycles. The molecular weight excluding hydrogens is 606 g/mol. The highest BCUT2D eigenvalue weighted by Crippen LogP contribution is 2.33. The topological polar surface area (TPSA) is 28.3 Å². The number of hydrogen-bond acceptors (Lipinski definition) is 2. The zero-order chi connectivity index (χ0) is 32.9. The Balaban J connectivity index is 0.000000181. The van der Waals surface area contributed by atoms with Crippen LogP contribution in [-0.2, 0) is 12.4 Å². The molecule has 46 heavy (non-hydrogen) atoms. The van der Waals surface area contributed by atoms with Crippen LogP contribution in [0.3, 0.4) is 0 Å². The van der Waals surface area contributed by atoms with Gasteiger partial charge in [0, 0.05) is 23.8 Å². The molecule has 0 aliphatic carbocycles.